The molecule has 208 valence electrons. The summed E-state index contributed by atoms with van der Waals surface area (Å²) in [4.78, 5) is 0. The number of hydrogen-bond acceptors (Lipinski definition) is 0. The zero-order valence-electron chi connectivity index (χ0n) is 29.8. The molecule has 0 aliphatic carbocycles. The van der Waals surface area contributed by atoms with E-state index in [9.17, 15) is 0 Å². The van der Waals surface area contributed by atoms with Crippen molar-refractivity contribution in [3.63, 3.8) is 0 Å². The third kappa shape index (κ3) is 4.56. The van der Waals surface area contributed by atoms with E-state index in [1.54, 1.807) is 20.7 Å². The van der Waals surface area contributed by atoms with Crippen molar-refractivity contribution in [2.45, 2.75) is 104 Å². The van der Waals surface area contributed by atoms with E-state index in [-0.39, 0.29) is 5.41 Å². The Morgan fingerprint density at radius 1 is 0.718 bits per heavy atom. The van der Waals surface area contributed by atoms with Crippen molar-refractivity contribution in [3.8, 4) is 22.4 Å². The largest absolute Gasteiger partial charge is 0.212 e. The monoisotopic (exact) mass is 589 g/mol. The summed E-state index contributed by atoms with van der Waals surface area (Å²) in [6.07, 6.45) is 2.17. The van der Waals surface area contributed by atoms with Crippen LogP contribution in [0.25, 0.3) is 22.4 Å². The zero-order chi connectivity index (χ0) is 31.6. The number of rotatable bonds is 2. The van der Waals surface area contributed by atoms with Gasteiger partial charge in [0.1, 0.15) is 7.05 Å². The summed E-state index contributed by atoms with van der Waals surface area (Å²) in [5, 5.41) is 6.52. The van der Waals surface area contributed by atoms with Crippen LogP contribution in [-0.2, 0) is 12.5 Å². The van der Waals surface area contributed by atoms with Gasteiger partial charge in [-0.2, -0.15) is 0 Å². The summed E-state index contributed by atoms with van der Waals surface area (Å²) in [7, 11) is -4.78. The number of aryl methyl sites for hydroxylation is 3. The van der Waals surface area contributed by atoms with E-state index >= 15 is 0 Å². The number of fused-ring (bicyclic) bond motifs is 2. The Labute approximate surface area is 247 Å². The van der Waals surface area contributed by atoms with E-state index < -0.39 is 39.1 Å². The molecule has 0 bridgehead atoms. The van der Waals surface area contributed by atoms with Crippen LogP contribution >= 0.6 is 0 Å². The van der Waals surface area contributed by atoms with Gasteiger partial charge < -0.3 is 0 Å². The molecular weight excluding hydrogens is 535 g/mol. The molecule has 3 heterocycles. The fourth-order valence-electron chi connectivity index (χ4n) is 8.50. The van der Waals surface area contributed by atoms with E-state index in [4.69, 9.17) is 4.11 Å². The Kier molecular flexibility index (Phi) is 5.64. The van der Waals surface area contributed by atoms with Crippen LogP contribution in [0.3, 0.4) is 0 Å². The lowest BCUT2D eigenvalue weighted by atomic mass is 9.86. The molecule has 0 radical (unpaired) electrons. The van der Waals surface area contributed by atoms with Crippen LogP contribution in [0.2, 0.25) is 63.7 Å². The average Bonchev–Trinajstić information content (AvgIpc) is 3.11. The number of benzene rings is 2. The molecule has 39 heavy (non-hydrogen) atoms. The van der Waals surface area contributed by atoms with Gasteiger partial charge in [-0.1, -0.05) is 117 Å². The first-order valence-corrected chi connectivity index (χ1v) is 27.6. The molecule has 0 fully saturated rings. The Morgan fingerprint density at radius 3 is 1.74 bits per heavy atom. The van der Waals surface area contributed by atoms with Crippen LogP contribution < -0.4 is 25.3 Å². The molecule has 2 aliphatic rings. The van der Waals surface area contributed by atoms with Crippen LogP contribution in [0.4, 0.5) is 0 Å². The summed E-state index contributed by atoms with van der Waals surface area (Å²) in [5.41, 5.74) is 10.3. The maximum atomic E-state index is 8.81. The highest BCUT2D eigenvalue weighted by Crippen LogP contribution is 2.38. The average molecular weight is 590 g/mol. The van der Waals surface area contributed by atoms with Gasteiger partial charge in [0.2, 0.25) is 5.69 Å². The van der Waals surface area contributed by atoms with Crippen molar-refractivity contribution in [2.75, 3.05) is 0 Å². The molecule has 1 aromatic heterocycles. The third-order valence-electron chi connectivity index (χ3n) is 9.83. The van der Waals surface area contributed by atoms with E-state index in [1.807, 2.05) is 6.07 Å². The van der Waals surface area contributed by atoms with Gasteiger partial charge in [0.15, 0.2) is 6.20 Å². The Bertz CT molecular complexity index is 1570. The maximum Gasteiger partial charge on any atom is 0.212 e. The standard InChI is InChI=1S/C34H52NSi4/c1-23-17-24(2)27(19-26(23)28-18-25(34(3,4)5)15-16-35(28)6)31-32-29(36(7,8)21-38(32,11)12)20-30-33(31)39(13,14)22-37(30,9)10/h15-20H,21-22H2,1-14H3/q+1/i2D3. The van der Waals surface area contributed by atoms with Crippen LogP contribution in [0.1, 0.15) is 41.6 Å². The molecule has 0 amide bonds. The molecule has 0 spiro atoms. The topological polar surface area (TPSA) is 3.88 Å². The molecule has 2 aromatic carbocycles. The maximum absolute atomic E-state index is 8.81. The molecule has 5 rings (SSSR count). The van der Waals surface area contributed by atoms with Crippen LogP contribution in [0.5, 0.6) is 0 Å². The third-order valence-corrected chi connectivity index (χ3v) is 31.9. The predicted octanol–water partition coefficient (Wildman–Crippen LogP) is 6.53. The number of nitrogens with zero attached hydrogens (tertiary/aromatic N) is 1. The van der Waals surface area contributed by atoms with Gasteiger partial charge in [0, 0.05) is 21.8 Å². The smallest absolute Gasteiger partial charge is 0.201 e. The van der Waals surface area contributed by atoms with Gasteiger partial charge in [-0.05, 0) is 53.1 Å². The van der Waals surface area contributed by atoms with Gasteiger partial charge in [0.25, 0.3) is 0 Å². The molecule has 3 aromatic rings. The van der Waals surface area contributed by atoms with Crippen molar-refractivity contribution in [1.82, 2.24) is 0 Å². The minimum Gasteiger partial charge on any atom is -0.201 e. The second-order valence-corrected chi connectivity index (χ2v) is 36.3. The van der Waals surface area contributed by atoms with Gasteiger partial charge in [0.05, 0.1) is 32.3 Å². The van der Waals surface area contributed by atoms with E-state index in [1.165, 1.54) is 22.5 Å². The van der Waals surface area contributed by atoms with Gasteiger partial charge >= 0.3 is 0 Å². The zero-order valence-corrected chi connectivity index (χ0v) is 30.8. The number of hydrogen-bond donors (Lipinski definition) is 0. The molecule has 0 N–H and O–H groups in total. The molecule has 5 heteroatoms. The van der Waals surface area contributed by atoms with Crippen LogP contribution in [0.15, 0.2) is 36.5 Å². The van der Waals surface area contributed by atoms with Crippen molar-refractivity contribution in [3.05, 3.63) is 53.2 Å². The summed E-state index contributed by atoms with van der Waals surface area (Å²) in [6.45, 7) is 27.2. The van der Waals surface area contributed by atoms with Crippen LogP contribution in [-0.4, -0.2) is 32.3 Å². The lowest BCUT2D eigenvalue weighted by Gasteiger charge is -2.30. The van der Waals surface area contributed by atoms with Crippen molar-refractivity contribution in [2.24, 2.45) is 7.05 Å². The minimum atomic E-state index is -2.18. The number of pyridine rings is 1. The molecule has 0 unspecified atom stereocenters. The van der Waals surface area contributed by atoms with E-state index in [2.05, 4.69) is 122 Å². The summed E-state index contributed by atoms with van der Waals surface area (Å²) in [5.74, 6) is 0. The summed E-state index contributed by atoms with van der Waals surface area (Å²) < 4.78 is 28.6. The quantitative estimate of drug-likeness (QED) is 0.236. The normalized spacial score (nSPS) is 21.6. The first kappa shape index (κ1) is 25.2. The second kappa shape index (κ2) is 8.73. The highest BCUT2D eigenvalue weighted by Gasteiger charge is 2.53. The molecule has 1 nitrogen and oxygen atoms in total. The van der Waals surface area contributed by atoms with Gasteiger partial charge in [-0.3, -0.25) is 0 Å². The first-order chi connectivity index (χ1) is 18.9. The van der Waals surface area contributed by atoms with E-state index in [0.29, 0.717) is 5.56 Å². The Balaban J connectivity index is 1.99. The number of aromatic nitrogens is 1. The van der Waals surface area contributed by atoms with Crippen molar-refractivity contribution < 1.29 is 8.68 Å². The molecule has 2 aliphatic heterocycles. The lowest BCUT2D eigenvalue weighted by Crippen LogP contribution is -2.57. The van der Waals surface area contributed by atoms with Crippen molar-refractivity contribution in [1.29, 1.82) is 0 Å². The Hall–Kier alpha value is -1.54. The first-order valence-electron chi connectivity index (χ1n) is 16.3. The summed E-state index contributed by atoms with van der Waals surface area (Å²) >= 11 is 0. The van der Waals surface area contributed by atoms with Crippen LogP contribution in [0, 0.1) is 13.8 Å². The second-order valence-electron chi connectivity index (χ2n) is 16.4. The highest BCUT2D eigenvalue weighted by atomic mass is 28.4. The fourth-order valence-corrected chi connectivity index (χ4v) is 39.6. The predicted molar refractivity (Wildman–Crippen MR) is 185 cm³/mol. The SMILES string of the molecule is [2H]C([2H])([2H])c1cc(C)c(-c2cc(C(C)(C)C)cc[n+]2C)cc1-c1c2c(cc3c1[Si](C)(C)C[Si]3(C)C)[Si](C)(C)C[Si]2(C)C. The Morgan fingerprint density at radius 2 is 1.26 bits per heavy atom. The van der Waals surface area contributed by atoms with Gasteiger partial charge in [-0.15, -0.1) is 0 Å². The lowest BCUT2D eigenvalue weighted by molar-refractivity contribution is -0.660. The molecule has 0 saturated carbocycles. The minimum absolute atomic E-state index is 0.0249. The fraction of sp³-hybridized carbons (Fsp3) is 0.500. The van der Waals surface area contributed by atoms with Crippen molar-refractivity contribution >= 4 is 53.0 Å². The molecule has 0 atom stereocenters. The van der Waals surface area contributed by atoms with Gasteiger partial charge in [-0.25, -0.2) is 4.57 Å². The van der Waals surface area contributed by atoms with E-state index in [0.717, 1.165) is 22.4 Å². The molecular formula is C34H52NSi4+. The molecule has 0 saturated heterocycles. The summed E-state index contributed by atoms with van der Waals surface area (Å²) in [6, 6.07) is 11.6. The highest BCUT2D eigenvalue weighted by molar-refractivity contribution is 7.18.